The number of nitrogens with one attached hydrogen (secondary N) is 1. The van der Waals surface area contributed by atoms with Crippen LogP contribution < -0.4 is 0 Å². The van der Waals surface area contributed by atoms with Crippen LogP contribution in [0.25, 0.3) is 56.2 Å². The molecular weight excluding hydrogens is 470 g/mol. The van der Waals surface area contributed by atoms with Crippen molar-refractivity contribution < 1.29 is 0 Å². The Morgan fingerprint density at radius 2 is 0.923 bits per heavy atom. The molecule has 0 aliphatic carbocycles. The number of H-pyrrole nitrogens is 1. The Morgan fingerprint density at radius 3 is 1.64 bits per heavy atom. The Kier molecular flexibility index (Phi) is 7.14. The molecule has 6 aromatic carbocycles. The highest BCUT2D eigenvalue weighted by Crippen LogP contribution is 2.35. The van der Waals surface area contributed by atoms with Crippen molar-refractivity contribution in [3.05, 3.63) is 169 Å². The van der Waals surface area contributed by atoms with E-state index in [1.165, 1.54) is 55.2 Å². The van der Waals surface area contributed by atoms with E-state index in [1.54, 1.807) is 0 Å². The zero-order valence-corrected chi connectivity index (χ0v) is 21.7. The topological polar surface area (TPSA) is 15.8 Å². The number of hydrogen-bond donors (Lipinski definition) is 1. The van der Waals surface area contributed by atoms with Crippen LogP contribution in [0.1, 0.15) is 11.1 Å². The Bertz CT molecular complexity index is 1790. The average Bonchev–Trinajstić information content (AvgIpc) is 3.41. The van der Waals surface area contributed by atoms with Gasteiger partial charge in [0.05, 0.1) is 5.52 Å². The van der Waals surface area contributed by atoms with Gasteiger partial charge in [0.2, 0.25) is 0 Å². The molecule has 1 N–H and O–H groups in total. The molecule has 0 amide bonds. The third kappa shape index (κ3) is 5.44. The van der Waals surface area contributed by atoms with Crippen molar-refractivity contribution in [3.8, 4) is 22.3 Å². The van der Waals surface area contributed by atoms with E-state index in [2.05, 4.69) is 157 Å². The molecular formula is C38H29N. The fourth-order valence-corrected chi connectivity index (χ4v) is 5.00. The van der Waals surface area contributed by atoms with E-state index in [0.717, 1.165) is 0 Å². The van der Waals surface area contributed by atoms with Gasteiger partial charge < -0.3 is 4.98 Å². The highest BCUT2D eigenvalue weighted by Gasteiger charge is 2.11. The molecule has 0 unspecified atom stereocenters. The fourth-order valence-electron chi connectivity index (χ4n) is 5.00. The summed E-state index contributed by atoms with van der Waals surface area (Å²) >= 11 is 0. The summed E-state index contributed by atoms with van der Waals surface area (Å²) in [7, 11) is 0. The molecule has 186 valence electrons. The summed E-state index contributed by atoms with van der Waals surface area (Å²) in [6, 6.07) is 54.8. The smallest absolute Gasteiger partial charge is 0.0544 e. The largest absolute Gasteiger partial charge is 0.354 e. The third-order valence-electron chi connectivity index (χ3n) is 6.93. The molecule has 0 saturated heterocycles. The summed E-state index contributed by atoms with van der Waals surface area (Å²) in [6.07, 6.45) is 4.37. The quantitative estimate of drug-likeness (QED) is 0.232. The van der Waals surface area contributed by atoms with E-state index in [1.807, 2.05) is 18.2 Å². The lowest BCUT2D eigenvalue weighted by molar-refractivity contribution is 1.53. The second-order valence-corrected chi connectivity index (χ2v) is 9.46. The van der Waals surface area contributed by atoms with Gasteiger partial charge in [-0.05, 0) is 33.9 Å². The maximum absolute atomic E-state index is 3.62. The van der Waals surface area contributed by atoms with Crippen LogP contribution in [-0.4, -0.2) is 4.98 Å². The maximum atomic E-state index is 3.62. The predicted octanol–water partition coefficient (Wildman–Crippen LogP) is 10.5. The molecule has 0 saturated carbocycles. The first-order chi connectivity index (χ1) is 19.4. The Balaban J connectivity index is 0.000000193. The normalized spacial score (nSPS) is 11.0. The molecule has 1 aromatic heterocycles. The number of benzene rings is 6. The summed E-state index contributed by atoms with van der Waals surface area (Å²) in [5, 5.41) is 2.54. The molecule has 7 aromatic rings. The van der Waals surface area contributed by atoms with E-state index >= 15 is 0 Å². The van der Waals surface area contributed by atoms with Gasteiger partial charge in [-0.3, -0.25) is 0 Å². The second kappa shape index (κ2) is 11.5. The van der Waals surface area contributed by atoms with E-state index in [-0.39, 0.29) is 0 Å². The molecule has 0 spiro atoms. The molecule has 39 heavy (non-hydrogen) atoms. The first-order valence-electron chi connectivity index (χ1n) is 13.3. The first kappa shape index (κ1) is 24.2. The van der Waals surface area contributed by atoms with Gasteiger partial charge in [0.15, 0.2) is 0 Å². The van der Waals surface area contributed by atoms with Crippen molar-refractivity contribution in [2.75, 3.05) is 0 Å². The van der Waals surface area contributed by atoms with Gasteiger partial charge in [-0.1, -0.05) is 164 Å². The van der Waals surface area contributed by atoms with Crippen molar-refractivity contribution in [1.29, 1.82) is 0 Å². The lowest BCUT2D eigenvalue weighted by Gasteiger charge is -2.08. The monoisotopic (exact) mass is 499 g/mol. The lowest BCUT2D eigenvalue weighted by Crippen LogP contribution is -1.85. The molecule has 0 atom stereocenters. The Hall–Kier alpha value is -5.14. The van der Waals surface area contributed by atoms with Gasteiger partial charge in [-0.2, -0.15) is 0 Å². The Labute approximate surface area is 229 Å². The number of hydrogen-bond acceptors (Lipinski definition) is 0. The molecule has 1 nitrogen and oxygen atoms in total. The van der Waals surface area contributed by atoms with Crippen LogP contribution in [0.5, 0.6) is 0 Å². The Morgan fingerprint density at radius 1 is 0.385 bits per heavy atom. The van der Waals surface area contributed by atoms with Crippen molar-refractivity contribution in [2.45, 2.75) is 0 Å². The highest BCUT2D eigenvalue weighted by molar-refractivity contribution is 6.12. The van der Waals surface area contributed by atoms with E-state index in [4.69, 9.17) is 0 Å². The number of aromatic amines is 1. The lowest BCUT2D eigenvalue weighted by atomic mass is 9.97. The molecule has 0 radical (unpaired) electrons. The first-order valence-corrected chi connectivity index (χ1v) is 13.3. The standard InChI is InChI=1S/C26H19N.C12H10/c1-2-9-19(10-3-1)17-18-20-11-4-5-12-21(20)23-14-8-15-24-22-13-6-7-16-25(22)27-26(23)24;1-3-7-11(8-4-1)12-9-5-2-6-10-12/h1-18,27H;1-10H. The molecule has 0 aliphatic rings. The van der Waals surface area contributed by atoms with Gasteiger partial charge in [0.25, 0.3) is 0 Å². The van der Waals surface area contributed by atoms with Gasteiger partial charge in [0.1, 0.15) is 0 Å². The molecule has 0 bridgehead atoms. The number of fused-ring (bicyclic) bond motifs is 3. The summed E-state index contributed by atoms with van der Waals surface area (Å²) < 4.78 is 0. The molecule has 1 heteroatoms. The summed E-state index contributed by atoms with van der Waals surface area (Å²) in [6.45, 7) is 0. The minimum Gasteiger partial charge on any atom is -0.354 e. The number of rotatable bonds is 4. The van der Waals surface area contributed by atoms with Crippen LogP contribution in [0, 0.1) is 0 Å². The molecule has 1 heterocycles. The van der Waals surface area contributed by atoms with E-state index in [0.29, 0.717) is 0 Å². The third-order valence-corrected chi connectivity index (χ3v) is 6.93. The van der Waals surface area contributed by atoms with Crippen molar-refractivity contribution in [3.63, 3.8) is 0 Å². The number of para-hydroxylation sites is 2. The van der Waals surface area contributed by atoms with Crippen LogP contribution in [0.4, 0.5) is 0 Å². The summed E-state index contributed by atoms with van der Waals surface area (Å²) in [5.41, 5.74) is 9.82. The van der Waals surface area contributed by atoms with Crippen LogP contribution in [0.3, 0.4) is 0 Å². The molecule has 0 aliphatic heterocycles. The van der Waals surface area contributed by atoms with Crippen molar-refractivity contribution in [1.82, 2.24) is 4.98 Å². The molecule has 7 rings (SSSR count). The minimum absolute atomic E-state index is 1.18. The van der Waals surface area contributed by atoms with Gasteiger partial charge in [0, 0.05) is 21.9 Å². The van der Waals surface area contributed by atoms with Gasteiger partial charge in [-0.15, -0.1) is 0 Å². The SMILES string of the molecule is C(=Cc1ccccc1-c1cccc2c1[nH]c1ccccc12)c1ccccc1.c1ccc(-c2ccccc2)cc1. The summed E-state index contributed by atoms with van der Waals surface area (Å²) in [5.74, 6) is 0. The van der Waals surface area contributed by atoms with Crippen LogP contribution in [0.2, 0.25) is 0 Å². The van der Waals surface area contributed by atoms with Crippen LogP contribution in [0.15, 0.2) is 158 Å². The maximum Gasteiger partial charge on any atom is 0.0544 e. The highest BCUT2D eigenvalue weighted by atomic mass is 14.7. The van der Waals surface area contributed by atoms with Crippen molar-refractivity contribution >= 4 is 34.0 Å². The van der Waals surface area contributed by atoms with Crippen LogP contribution >= 0.6 is 0 Å². The van der Waals surface area contributed by atoms with Gasteiger partial charge in [-0.25, -0.2) is 0 Å². The second-order valence-electron chi connectivity index (χ2n) is 9.46. The van der Waals surface area contributed by atoms with E-state index in [9.17, 15) is 0 Å². The van der Waals surface area contributed by atoms with Crippen LogP contribution in [-0.2, 0) is 0 Å². The zero-order valence-electron chi connectivity index (χ0n) is 21.7. The zero-order chi connectivity index (χ0) is 26.3. The molecule has 0 fully saturated rings. The van der Waals surface area contributed by atoms with Crippen molar-refractivity contribution in [2.24, 2.45) is 0 Å². The fraction of sp³-hybridized carbons (Fsp3) is 0. The average molecular weight is 500 g/mol. The number of aromatic nitrogens is 1. The minimum atomic E-state index is 1.18. The predicted molar refractivity (Wildman–Crippen MR) is 168 cm³/mol. The summed E-state index contributed by atoms with van der Waals surface area (Å²) in [4.78, 5) is 3.62. The van der Waals surface area contributed by atoms with E-state index < -0.39 is 0 Å². The van der Waals surface area contributed by atoms with Gasteiger partial charge >= 0.3 is 0 Å².